The molecule has 116 valence electrons. The Bertz CT molecular complexity index is 832. The zero-order valence-corrected chi connectivity index (χ0v) is 13.6. The highest BCUT2D eigenvalue weighted by Gasteiger charge is 2.17. The Labute approximate surface area is 139 Å². The van der Waals surface area contributed by atoms with E-state index in [1.807, 2.05) is 17.5 Å². The second kappa shape index (κ2) is 6.22. The number of rotatable bonds is 4. The molecule has 3 heterocycles. The number of nitrogens with one attached hydrogen (secondary N) is 1. The van der Waals surface area contributed by atoms with Crippen LogP contribution in [0.15, 0.2) is 48.0 Å². The smallest absolute Gasteiger partial charge is 0.187 e. The molecule has 0 aliphatic carbocycles. The van der Waals surface area contributed by atoms with E-state index in [-0.39, 0.29) is 5.78 Å². The van der Waals surface area contributed by atoms with Crippen LogP contribution in [0.5, 0.6) is 0 Å². The molecule has 3 nitrogen and oxygen atoms in total. The molecular weight excluding hydrogens is 304 g/mol. The monoisotopic (exact) mass is 322 g/mol. The summed E-state index contributed by atoms with van der Waals surface area (Å²) in [6.07, 6.45) is 3.33. The van der Waals surface area contributed by atoms with E-state index in [1.54, 1.807) is 17.5 Å². The van der Waals surface area contributed by atoms with Crippen LogP contribution in [-0.4, -0.2) is 23.9 Å². The number of hydrogen-bond acceptors (Lipinski definition) is 4. The molecule has 0 spiro atoms. The first-order valence-corrected chi connectivity index (χ1v) is 8.84. The molecule has 4 rings (SSSR count). The van der Waals surface area contributed by atoms with E-state index in [1.165, 1.54) is 12.0 Å². The van der Waals surface area contributed by atoms with Gasteiger partial charge in [-0.25, -0.2) is 0 Å². The lowest BCUT2D eigenvalue weighted by atomic mass is 9.96. The van der Waals surface area contributed by atoms with Crippen molar-refractivity contribution < 1.29 is 4.79 Å². The van der Waals surface area contributed by atoms with E-state index in [0.717, 1.165) is 28.7 Å². The summed E-state index contributed by atoms with van der Waals surface area (Å²) in [5.41, 5.74) is 3.02. The first kappa shape index (κ1) is 14.5. The van der Waals surface area contributed by atoms with Gasteiger partial charge in [0, 0.05) is 19.2 Å². The lowest BCUT2D eigenvalue weighted by Gasteiger charge is -2.09. The molecule has 1 unspecified atom stereocenters. The van der Waals surface area contributed by atoms with Gasteiger partial charge in [-0.05, 0) is 52.9 Å². The van der Waals surface area contributed by atoms with Crippen molar-refractivity contribution in [3.05, 3.63) is 64.8 Å². The fraction of sp³-hybridized carbons (Fsp3) is 0.263. The van der Waals surface area contributed by atoms with Gasteiger partial charge in [-0.3, -0.25) is 9.78 Å². The van der Waals surface area contributed by atoms with E-state index in [4.69, 9.17) is 0 Å². The zero-order chi connectivity index (χ0) is 15.6. The van der Waals surface area contributed by atoms with E-state index in [9.17, 15) is 4.79 Å². The van der Waals surface area contributed by atoms with Gasteiger partial charge in [0.2, 0.25) is 0 Å². The predicted molar refractivity (Wildman–Crippen MR) is 94.3 cm³/mol. The number of ketones is 1. The molecule has 1 saturated heterocycles. The molecule has 1 N–H and O–H groups in total. The van der Waals surface area contributed by atoms with Crippen LogP contribution in [0.2, 0.25) is 0 Å². The van der Waals surface area contributed by atoms with Crippen molar-refractivity contribution in [2.45, 2.75) is 18.8 Å². The molecule has 0 amide bonds. The minimum Gasteiger partial charge on any atom is -0.316 e. The van der Waals surface area contributed by atoms with Crippen molar-refractivity contribution in [1.29, 1.82) is 0 Å². The molecule has 0 saturated carbocycles. The van der Waals surface area contributed by atoms with Crippen molar-refractivity contribution >= 4 is 27.2 Å². The Kier molecular flexibility index (Phi) is 3.93. The number of aromatic nitrogens is 1. The third-order valence-electron chi connectivity index (χ3n) is 4.51. The summed E-state index contributed by atoms with van der Waals surface area (Å²) in [5.74, 6) is 0.703. The lowest BCUT2D eigenvalue weighted by Crippen LogP contribution is -2.08. The van der Waals surface area contributed by atoms with Crippen molar-refractivity contribution in [2.24, 2.45) is 0 Å². The molecule has 1 aromatic carbocycles. The van der Waals surface area contributed by atoms with Crippen LogP contribution in [0.3, 0.4) is 0 Å². The van der Waals surface area contributed by atoms with Gasteiger partial charge in [0.15, 0.2) is 5.78 Å². The average molecular weight is 322 g/mol. The fourth-order valence-corrected chi connectivity index (χ4v) is 4.11. The van der Waals surface area contributed by atoms with E-state index in [0.29, 0.717) is 18.0 Å². The normalized spacial score (nSPS) is 17.7. The van der Waals surface area contributed by atoms with Gasteiger partial charge in [-0.1, -0.05) is 24.3 Å². The molecule has 3 aromatic rings. The molecule has 23 heavy (non-hydrogen) atoms. The van der Waals surface area contributed by atoms with E-state index in [2.05, 4.69) is 34.6 Å². The highest BCUT2D eigenvalue weighted by atomic mass is 32.1. The summed E-state index contributed by atoms with van der Waals surface area (Å²) in [6.45, 7) is 2.16. The maximum atomic E-state index is 12.6. The van der Waals surface area contributed by atoms with E-state index < -0.39 is 0 Å². The Morgan fingerprint density at radius 2 is 2.09 bits per heavy atom. The first-order valence-electron chi connectivity index (χ1n) is 7.96. The van der Waals surface area contributed by atoms with Crippen LogP contribution in [0.1, 0.15) is 34.0 Å². The Morgan fingerprint density at radius 1 is 1.22 bits per heavy atom. The number of Topliss-reactive ketones (excluding diaryl/α,β-unsaturated/α-hetero) is 1. The van der Waals surface area contributed by atoms with Gasteiger partial charge in [-0.2, -0.15) is 0 Å². The standard InChI is InChI=1S/C19H18N2OS/c22-17(18-19-15(6-9-21-18)7-10-23-19)11-13-1-3-14(4-2-13)16-5-8-20-12-16/h1-4,6-7,9-10,16,20H,5,8,11-12H2. The highest BCUT2D eigenvalue weighted by Crippen LogP contribution is 2.25. The topological polar surface area (TPSA) is 42.0 Å². The average Bonchev–Trinajstić information content (AvgIpc) is 3.26. The Hall–Kier alpha value is -2.04. The maximum absolute atomic E-state index is 12.6. The maximum Gasteiger partial charge on any atom is 0.187 e. The molecule has 0 bridgehead atoms. The van der Waals surface area contributed by atoms with Gasteiger partial charge in [0.1, 0.15) is 5.69 Å². The quantitative estimate of drug-likeness (QED) is 0.743. The van der Waals surface area contributed by atoms with Crippen LogP contribution < -0.4 is 5.32 Å². The van der Waals surface area contributed by atoms with Gasteiger partial charge in [0.25, 0.3) is 0 Å². The van der Waals surface area contributed by atoms with Crippen LogP contribution in [-0.2, 0) is 6.42 Å². The highest BCUT2D eigenvalue weighted by molar-refractivity contribution is 7.17. The van der Waals surface area contributed by atoms with Crippen LogP contribution in [0.25, 0.3) is 10.1 Å². The first-order chi connectivity index (χ1) is 11.3. The number of hydrogen-bond donors (Lipinski definition) is 1. The number of thiophene rings is 1. The summed E-state index contributed by atoms with van der Waals surface area (Å²) in [7, 11) is 0. The molecule has 1 fully saturated rings. The minimum atomic E-state index is 0.0910. The Morgan fingerprint density at radius 3 is 2.87 bits per heavy atom. The zero-order valence-electron chi connectivity index (χ0n) is 12.8. The summed E-state index contributed by atoms with van der Waals surface area (Å²) < 4.78 is 0.992. The molecule has 1 atom stereocenters. The number of carbonyl (C=O) groups is 1. The van der Waals surface area contributed by atoms with Gasteiger partial charge in [-0.15, -0.1) is 11.3 Å². The minimum absolute atomic E-state index is 0.0910. The van der Waals surface area contributed by atoms with Crippen molar-refractivity contribution in [3.63, 3.8) is 0 Å². The summed E-state index contributed by atoms with van der Waals surface area (Å²) in [4.78, 5) is 16.9. The molecular formula is C19H18N2OS. The summed E-state index contributed by atoms with van der Waals surface area (Å²) >= 11 is 1.58. The largest absolute Gasteiger partial charge is 0.316 e. The second-order valence-corrected chi connectivity index (χ2v) is 6.95. The van der Waals surface area contributed by atoms with Crippen molar-refractivity contribution in [2.75, 3.05) is 13.1 Å². The van der Waals surface area contributed by atoms with Crippen molar-refractivity contribution in [3.8, 4) is 0 Å². The molecule has 2 aromatic heterocycles. The molecule has 4 heteroatoms. The van der Waals surface area contributed by atoms with Gasteiger partial charge in [0.05, 0.1) is 4.70 Å². The fourth-order valence-electron chi connectivity index (χ4n) is 3.21. The SMILES string of the molecule is O=C(Cc1ccc(C2CCNC2)cc1)c1nccc2ccsc12. The summed E-state index contributed by atoms with van der Waals surface area (Å²) in [6, 6.07) is 12.5. The number of carbonyl (C=O) groups excluding carboxylic acids is 1. The Balaban J connectivity index is 1.53. The second-order valence-electron chi connectivity index (χ2n) is 6.03. The third kappa shape index (κ3) is 2.92. The molecule has 1 aliphatic heterocycles. The lowest BCUT2D eigenvalue weighted by molar-refractivity contribution is 0.0990. The van der Waals surface area contributed by atoms with Gasteiger partial charge >= 0.3 is 0 Å². The van der Waals surface area contributed by atoms with Crippen LogP contribution >= 0.6 is 11.3 Å². The van der Waals surface area contributed by atoms with E-state index >= 15 is 0 Å². The van der Waals surface area contributed by atoms with Crippen molar-refractivity contribution in [1.82, 2.24) is 10.3 Å². The number of pyridine rings is 1. The molecule has 0 radical (unpaired) electrons. The summed E-state index contributed by atoms with van der Waals surface area (Å²) in [5, 5.41) is 6.49. The van der Waals surface area contributed by atoms with Crippen LogP contribution in [0.4, 0.5) is 0 Å². The number of fused-ring (bicyclic) bond motifs is 1. The third-order valence-corrected chi connectivity index (χ3v) is 5.45. The molecule has 1 aliphatic rings. The number of nitrogens with zero attached hydrogens (tertiary/aromatic N) is 1. The van der Waals surface area contributed by atoms with Gasteiger partial charge < -0.3 is 5.32 Å². The predicted octanol–water partition coefficient (Wildman–Crippen LogP) is 3.80. The van der Waals surface area contributed by atoms with Crippen LogP contribution in [0, 0.1) is 0 Å². The number of benzene rings is 1.